The van der Waals surface area contributed by atoms with Gasteiger partial charge in [0.25, 0.3) is 16.8 Å². The fraction of sp³-hybridized carbons (Fsp3) is 0.900. The first-order valence-electron chi connectivity index (χ1n) is 16.6. The summed E-state index contributed by atoms with van der Waals surface area (Å²) in [7, 11) is 0. The van der Waals surface area contributed by atoms with Crippen LogP contribution in [0.5, 0.6) is 0 Å². The predicted octanol–water partition coefficient (Wildman–Crippen LogP) is 8.12. The maximum atomic E-state index is 12.8. The SMILES string of the molecule is CCC(COC(=O)CSCCCC(O)(C(F)(F)F)C(F)(F)F)(COC(=O)CSCCCC(O)(C(F)(F)F)C(F)(F)F)COC(=O)CSCCCC(O)(C(F)(F)F)C(F)(F)F. The third-order valence-electron chi connectivity index (χ3n) is 8.32. The molecule has 0 bridgehead atoms. The van der Waals surface area contributed by atoms with Gasteiger partial charge in [-0.25, -0.2) is 0 Å². The van der Waals surface area contributed by atoms with Crippen LogP contribution in [0.25, 0.3) is 0 Å². The molecule has 60 heavy (non-hydrogen) atoms. The van der Waals surface area contributed by atoms with E-state index < -0.39 is 170 Å². The Kier molecular flexibility index (Phi) is 21.9. The van der Waals surface area contributed by atoms with Gasteiger partial charge in [0.15, 0.2) is 0 Å². The summed E-state index contributed by atoms with van der Waals surface area (Å²) in [5.74, 6) is -7.24. The number of aliphatic hydroxyl groups is 3. The molecule has 0 unspecified atom stereocenters. The number of carbonyl (C=O) groups excluding carboxylic acids is 3. The molecule has 0 rings (SSSR count). The maximum Gasteiger partial charge on any atom is 0.426 e. The lowest BCUT2D eigenvalue weighted by atomic mass is 9.88. The van der Waals surface area contributed by atoms with E-state index in [1.54, 1.807) is 0 Å². The minimum atomic E-state index is -6.08. The molecule has 0 aromatic carbocycles. The molecule has 0 saturated carbocycles. The summed E-state index contributed by atoms with van der Waals surface area (Å²) >= 11 is 1.42. The molecule has 0 fully saturated rings. The van der Waals surface area contributed by atoms with Crippen LogP contribution in [0.15, 0.2) is 0 Å². The van der Waals surface area contributed by atoms with Gasteiger partial charge in [-0.2, -0.15) is 114 Å². The Morgan fingerprint density at radius 2 is 0.617 bits per heavy atom. The molecule has 0 spiro atoms. The third-order valence-corrected chi connectivity index (χ3v) is 11.4. The first-order chi connectivity index (χ1) is 26.9. The lowest BCUT2D eigenvalue weighted by Crippen LogP contribution is -2.56. The van der Waals surface area contributed by atoms with E-state index in [-0.39, 0.29) is 6.42 Å². The third kappa shape index (κ3) is 17.0. The maximum absolute atomic E-state index is 12.8. The number of esters is 3. The van der Waals surface area contributed by atoms with Crippen molar-refractivity contribution >= 4 is 53.2 Å². The average molecular weight is 981 g/mol. The van der Waals surface area contributed by atoms with E-state index in [1.165, 1.54) is 6.92 Å². The molecule has 9 nitrogen and oxygen atoms in total. The number of thioether (sulfide) groups is 3. The molecule has 0 saturated heterocycles. The van der Waals surface area contributed by atoms with Crippen molar-refractivity contribution in [2.24, 2.45) is 5.41 Å². The highest BCUT2D eigenvalue weighted by atomic mass is 32.2. The number of hydrogen-bond donors (Lipinski definition) is 3. The van der Waals surface area contributed by atoms with Crippen molar-refractivity contribution in [3.8, 4) is 0 Å². The minimum absolute atomic E-state index is 0.206. The zero-order valence-corrected chi connectivity index (χ0v) is 33.1. The predicted molar refractivity (Wildman–Crippen MR) is 176 cm³/mol. The molecule has 30 heteroatoms. The van der Waals surface area contributed by atoms with Crippen LogP contribution in [-0.4, -0.2) is 141 Å². The zero-order valence-electron chi connectivity index (χ0n) is 30.6. The quantitative estimate of drug-likeness (QED) is 0.0353. The van der Waals surface area contributed by atoms with E-state index in [2.05, 4.69) is 0 Å². The van der Waals surface area contributed by atoms with Crippen molar-refractivity contribution in [2.75, 3.05) is 54.3 Å². The topological polar surface area (TPSA) is 140 Å². The van der Waals surface area contributed by atoms with Gasteiger partial charge >= 0.3 is 55.0 Å². The summed E-state index contributed by atoms with van der Waals surface area (Å²) in [4.78, 5) is 37.1. The van der Waals surface area contributed by atoms with Crippen molar-refractivity contribution in [1.82, 2.24) is 0 Å². The lowest BCUT2D eigenvalue weighted by Gasteiger charge is -2.32. The Morgan fingerprint density at radius 1 is 0.417 bits per heavy atom. The number of halogens is 18. The second-order valence-electron chi connectivity index (χ2n) is 12.9. The van der Waals surface area contributed by atoms with E-state index in [0.29, 0.717) is 35.3 Å². The van der Waals surface area contributed by atoms with Crippen LogP contribution < -0.4 is 0 Å². The van der Waals surface area contributed by atoms with E-state index >= 15 is 0 Å². The molecule has 0 atom stereocenters. The smallest absolute Gasteiger partial charge is 0.426 e. The van der Waals surface area contributed by atoms with Crippen LogP contribution in [0.4, 0.5) is 79.0 Å². The van der Waals surface area contributed by atoms with E-state index in [9.17, 15) is 109 Å². The van der Waals surface area contributed by atoms with E-state index in [1.807, 2.05) is 0 Å². The number of alkyl halides is 18. The molecule has 0 aromatic heterocycles. The van der Waals surface area contributed by atoms with Gasteiger partial charge in [-0.05, 0) is 62.2 Å². The van der Waals surface area contributed by atoms with Gasteiger partial charge in [-0.15, -0.1) is 0 Å². The second-order valence-corrected chi connectivity index (χ2v) is 16.2. The molecule has 0 aliphatic heterocycles. The Hall–Kier alpha value is -1.92. The van der Waals surface area contributed by atoms with Gasteiger partial charge in [0.05, 0.1) is 22.7 Å². The highest BCUT2D eigenvalue weighted by Crippen LogP contribution is 2.48. The number of carbonyl (C=O) groups is 3. The molecule has 0 radical (unpaired) electrons. The standard InChI is InChI=1S/C30H38F18O9S3/c1-2-21(15-55-18(49)12-58-9-3-6-22(52,25(31,32)33)26(34,35)36,16-56-19(50)13-59-10-4-7-23(53,27(37,38)39)28(40,41)42)17-57-20(51)14-60-11-5-8-24(54,29(43,44)45)30(46,47)48/h52-54H,2-17H2,1H3. The molecule has 3 N–H and O–H groups in total. The highest BCUT2D eigenvalue weighted by Gasteiger charge is 2.71. The summed E-state index contributed by atoms with van der Waals surface area (Å²) < 4.78 is 246. The van der Waals surface area contributed by atoms with Gasteiger partial charge in [0.1, 0.15) is 19.8 Å². The lowest BCUT2D eigenvalue weighted by molar-refractivity contribution is -0.370. The summed E-state index contributed by atoms with van der Waals surface area (Å²) in [6, 6.07) is 0. The zero-order chi connectivity index (χ0) is 47.3. The van der Waals surface area contributed by atoms with Crippen LogP contribution in [-0.2, 0) is 28.6 Å². The van der Waals surface area contributed by atoms with Gasteiger partial charge in [-0.3, -0.25) is 14.4 Å². The van der Waals surface area contributed by atoms with Gasteiger partial charge < -0.3 is 29.5 Å². The second kappa shape index (κ2) is 22.6. The Morgan fingerprint density at radius 3 is 0.783 bits per heavy atom. The van der Waals surface area contributed by atoms with Crippen LogP contribution in [0, 0.1) is 5.41 Å². The molecule has 356 valence electrons. The van der Waals surface area contributed by atoms with Crippen molar-refractivity contribution in [2.45, 2.75) is 106 Å². The number of hydrogen-bond acceptors (Lipinski definition) is 12. The largest absolute Gasteiger partial charge is 0.464 e. The number of rotatable bonds is 25. The molecule has 0 amide bonds. The molecule has 0 heterocycles. The Labute approximate surface area is 341 Å². The van der Waals surface area contributed by atoms with E-state index in [4.69, 9.17) is 14.2 Å². The molecule has 0 aliphatic carbocycles. The minimum Gasteiger partial charge on any atom is -0.464 e. The molecule has 0 aromatic rings. The molecular weight excluding hydrogens is 942 g/mol. The van der Waals surface area contributed by atoms with Crippen molar-refractivity contribution in [3.05, 3.63) is 0 Å². The van der Waals surface area contributed by atoms with Crippen LogP contribution in [0.2, 0.25) is 0 Å². The summed E-state index contributed by atoms with van der Waals surface area (Å²) in [6.45, 7) is -1.05. The summed E-state index contributed by atoms with van der Waals surface area (Å²) in [6.07, 6.45) is -44.8. The first-order valence-corrected chi connectivity index (χ1v) is 20.1. The fourth-order valence-electron chi connectivity index (χ4n) is 4.35. The van der Waals surface area contributed by atoms with Crippen LogP contribution >= 0.6 is 35.3 Å². The van der Waals surface area contributed by atoms with Crippen LogP contribution in [0.1, 0.15) is 51.9 Å². The monoisotopic (exact) mass is 980 g/mol. The summed E-state index contributed by atoms with van der Waals surface area (Å²) in [5, 5.41) is 27.6. The fourth-order valence-corrected chi connectivity index (χ4v) is 6.57. The van der Waals surface area contributed by atoms with Crippen molar-refractivity contribution in [3.63, 3.8) is 0 Å². The highest BCUT2D eigenvalue weighted by molar-refractivity contribution is 8.00. The van der Waals surface area contributed by atoms with Crippen LogP contribution in [0.3, 0.4) is 0 Å². The van der Waals surface area contributed by atoms with Gasteiger partial charge in [-0.1, -0.05) is 6.92 Å². The van der Waals surface area contributed by atoms with Crippen molar-refractivity contribution < 1.29 is 123 Å². The summed E-state index contributed by atoms with van der Waals surface area (Å²) in [5.41, 5.74) is -16.8. The normalized spacial score (nSPS) is 14.3. The molecular formula is C30H38F18O9S3. The molecule has 0 aliphatic rings. The Bertz CT molecular complexity index is 1150. The van der Waals surface area contributed by atoms with Crippen molar-refractivity contribution in [1.29, 1.82) is 0 Å². The number of ether oxygens (including phenoxy) is 3. The average Bonchev–Trinajstić information content (AvgIpc) is 3.07. The van der Waals surface area contributed by atoms with Gasteiger partial charge in [0.2, 0.25) is 0 Å². The van der Waals surface area contributed by atoms with Gasteiger partial charge in [0, 0.05) is 0 Å². The van der Waals surface area contributed by atoms with E-state index in [0.717, 1.165) is 0 Å². The Balaban J connectivity index is 5.52. The first kappa shape index (κ1) is 58.1.